The van der Waals surface area contributed by atoms with E-state index in [1.54, 1.807) is 4.52 Å². The minimum Gasteiger partial charge on any atom is -0.382 e. The molecule has 6 heterocycles. The van der Waals surface area contributed by atoms with Crippen molar-refractivity contribution in [1.29, 1.82) is 0 Å². The third kappa shape index (κ3) is 3.38. The van der Waals surface area contributed by atoms with Crippen LogP contribution in [0, 0.1) is 6.92 Å². The molecule has 34 heavy (non-hydrogen) atoms. The second-order valence-electron chi connectivity index (χ2n) is 9.42. The fraction of sp³-hybridized carbons (Fsp3) is 0.478. The Labute approximate surface area is 195 Å². The number of nitrogens with zero attached hydrogens (tertiary/aromatic N) is 7. The van der Waals surface area contributed by atoms with E-state index >= 15 is 0 Å². The van der Waals surface area contributed by atoms with Crippen molar-refractivity contribution in [3.05, 3.63) is 30.2 Å². The molecule has 11 heteroatoms. The molecule has 2 aliphatic rings. The average Bonchev–Trinajstić information content (AvgIpc) is 3.41. The average molecular weight is 466 g/mol. The molecule has 0 unspecified atom stereocenters. The Kier molecular flexibility index (Phi) is 4.92. The molecule has 2 saturated heterocycles. The van der Waals surface area contributed by atoms with Crippen LogP contribution in [0.4, 0.5) is 16.2 Å². The fourth-order valence-corrected chi connectivity index (χ4v) is 5.00. The molecule has 10 nitrogen and oxygen atoms in total. The molecule has 0 spiro atoms. The normalized spacial score (nSPS) is 21.7. The van der Waals surface area contributed by atoms with Crippen LogP contribution in [0.5, 0.6) is 0 Å². The number of aromatic nitrogens is 6. The molecule has 3 N–H and O–H groups in total. The van der Waals surface area contributed by atoms with Gasteiger partial charge in [0, 0.05) is 30.9 Å². The number of anilines is 2. The number of ether oxygens (including phenoxy) is 1. The van der Waals surface area contributed by atoms with Crippen LogP contribution in [0.2, 0.25) is 0 Å². The lowest BCUT2D eigenvalue weighted by Crippen LogP contribution is -2.48. The van der Waals surface area contributed by atoms with Gasteiger partial charge in [0.1, 0.15) is 23.0 Å². The second kappa shape index (κ2) is 7.88. The van der Waals surface area contributed by atoms with Gasteiger partial charge in [-0.15, -0.1) is 5.10 Å². The monoisotopic (exact) mass is 465 g/mol. The van der Waals surface area contributed by atoms with E-state index in [4.69, 9.17) is 15.5 Å². The number of halogens is 1. The van der Waals surface area contributed by atoms with Crippen molar-refractivity contribution in [1.82, 2.24) is 34.0 Å². The molecule has 4 aromatic heterocycles. The molecule has 0 amide bonds. The van der Waals surface area contributed by atoms with Crippen molar-refractivity contribution in [2.24, 2.45) is 0 Å². The highest BCUT2D eigenvalue weighted by atomic mass is 19.1. The van der Waals surface area contributed by atoms with Gasteiger partial charge >= 0.3 is 0 Å². The molecule has 2 fully saturated rings. The number of hydrogen-bond donors (Lipinski definition) is 2. The molecular weight excluding hydrogens is 437 g/mol. The molecular formula is C23H28FN9O. The zero-order chi connectivity index (χ0) is 23.6. The number of nitrogen functional groups attached to an aromatic ring is 1. The van der Waals surface area contributed by atoms with Gasteiger partial charge in [0.15, 0.2) is 11.5 Å². The summed E-state index contributed by atoms with van der Waals surface area (Å²) in [4.78, 5) is 16.1. The number of alkyl halides is 1. The van der Waals surface area contributed by atoms with Gasteiger partial charge in [0.05, 0.1) is 31.0 Å². The van der Waals surface area contributed by atoms with E-state index in [0.29, 0.717) is 49.6 Å². The Balaban J connectivity index is 1.32. The maximum Gasteiger partial charge on any atom is 0.243 e. The Hall–Kier alpha value is -3.31. The highest BCUT2D eigenvalue weighted by Gasteiger charge is 2.39. The minimum absolute atomic E-state index is 0.239. The number of nitrogens with two attached hydrogens (primary N) is 1. The molecule has 6 rings (SSSR count). The van der Waals surface area contributed by atoms with Gasteiger partial charge < -0.3 is 20.4 Å². The molecule has 0 saturated carbocycles. The van der Waals surface area contributed by atoms with Crippen LogP contribution in [0.15, 0.2) is 24.4 Å². The van der Waals surface area contributed by atoms with E-state index in [0.717, 1.165) is 28.2 Å². The van der Waals surface area contributed by atoms with Crippen molar-refractivity contribution in [2.45, 2.75) is 45.1 Å². The van der Waals surface area contributed by atoms with Crippen molar-refractivity contribution in [2.75, 3.05) is 37.4 Å². The van der Waals surface area contributed by atoms with Crippen LogP contribution < -0.4 is 11.1 Å². The summed E-state index contributed by atoms with van der Waals surface area (Å²) < 4.78 is 23.7. The molecule has 0 radical (unpaired) electrons. The first-order valence-electron chi connectivity index (χ1n) is 11.6. The maximum absolute atomic E-state index is 14.6. The van der Waals surface area contributed by atoms with E-state index in [-0.39, 0.29) is 6.04 Å². The zero-order valence-corrected chi connectivity index (χ0v) is 19.4. The number of fused-ring (bicyclic) bond motifs is 2. The predicted octanol–water partition coefficient (Wildman–Crippen LogP) is 2.45. The van der Waals surface area contributed by atoms with Crippen LogP contribution in [0.3, 0.4) is 0 Å². The van der Waals surface area contributed by atoms with Gasteiger partial charge in [0.25, 0.3) is 0 Å². The second-order valence-corrected chi connectivity index (χ2v) is 9.42. The van der Waals surface area contributed by atoms with E-state index in [1.165, 1.54) is 0 Å². The van der Waals surface area contributed by atoms with E-state index in [2.05, 4.69) is 43.7 Å². The standard InChI is InChI=1S/C23H28FN9O/c1-12(2)33-13(3)26-18-5-4-17(27-22(18)33)15-6-7-32-20(15)21(25)29-23(30-32)28-19-9-31(8-16(19)24)14-10-34-11-14/h4-7,12,14,16,19H,8-11H2,1-3H3,(H3,25,28,29,30)/t16-,19+/m0/s1. The van der Waals surface area contributed by atoms with E-state index in [9.17, 15) is 4.39 Å². The van der Waals surface area contributed by atoms with E-state index < -0.39 is 12.2 Å². The maximum atomic E-state index is 14.6. The number of pyridine rings is 1. The Morgan fingerprint density at radius 3 is 2.71 bits per heavy atom. The Morgan fingerprint density at radius 1 is 1.15 bits per heavy atom. The summed E-state index contributed by atoms with van der Waals surface area (Å²) in [7, 11) is 0. The Morgan fingerprint density at radius 2 is 1.97 bits per heavy atom. The molecule has 0 aliphatic carbocycles. The predicted molar refractivity (Wildman–Crippen MR) is 128 cm³/mol. The third-order valence-electron chi connectivity index (χ3n) is 6.77. The van der Waals surface area contributed by atoms with Gasteiger partial charge in [-0.25, -0.2) is 18.9 Å². The van der Waals surface area contributed by atoms with Gasteiger partial charge in [-0.2, -0.15) is 4.98 Å². The van der Waals surface area contributed by atoms with Crippen molar-refractivity contribution in [3.63, 3.8) is 0 Å². The van der Waals surface area contributed by atoms with Crippen LogP contribution in [0.25, 0.3) is 27.9 Å². The molecule has 2 aliphatic heterocycles. The Bertz CT molecular complexity index is 1380. The van der Waals surface area contributed by atoms with Crippen molar-refractivity contribution < 1.29 is 9.13 Å². The molecule has 178 valence electrons. The number of hydrogen-bond acceptors (Lipinski definition) is 8. The van der Waals surface area contributed by atoms with Crippen LogP contribution in [-0.2, 0) is 4.74 Å². The molecule has 2 atom stereocenters. The van der Waals surface area contributed by atoms with Gasteiger partial charge in [0.2, 0.25) is 5.95 Å². The molecule has 0 aromatic carbocycles. The number of nitrogens with one attached hydrogen (secondary N) is 1. The lowest BCUT2D eigenvalue weighted by Gasteiger charge is -2.34. The minimum atomic E-state index is -1.01. The lowest BCUT2D eigenvalue weighted by atomic mass is 10.2. The molecule has 0 bridgehead atoms. The summed E-state index contributed by atoms with van der Waals surface area (Å²) in [6, 6.07) is 5.98. The smallest absolute Gasteiger partial charge is 0.243 e. The van der Waals surface area contributed by atoms with Gasteiger partial charge in [-0.1, -0.05) is 0 Å². The fourth-order valence-electron chi connectivity index (χ4n) is 5.00. The SMILES string of the molecule is Cc1nc2ccc(-c3ccn4nc(N[C@@H]5CN(C6COC6)C[C@@H]5F)nc(N)c34)nc2n1C(C)C. The number of aryl methyl sites for hydroxylation is 1. The molecule has 4 aromatic rings. The first-order chi connectivity index (χ1) is 16.4. The number of rotatable bonds is 5. The highest BCUT2D eigenvalue weighted by molar-refractivity contribution is 5.88. The summed E-state index contributed by atoms with van der Waals surface area (Å²) in [5.74, 6) is 1.55. The quantitative estimate of drug-likeness (QED) is 0.462. The topological polar surface area (TPSA) is 111 Å². The summed E-state index contributed by atoms with van der Waals surface area (Å²) in [6.07, 6.45) is 0.816. The summed E-state index contributed by atoms with van der Waals surface area (Å²) in [6.45, 7) is 8.51. The third-order valence-corrected chi connectivity index (χ3v) is 6.77. The summed E-state index contributed by atoms with van der Waals surface area (Å²) in [5.41, 5.74) is 10.3. The zero-order valence-electron chi connectivity index (χ0n) is 19.4. The lowest BCUT2D eigenvalue weighted by molar-refractivity contribution is -0.0585. The largest absolute Gasteiger partial charge is 0.382 e. The number of likely N-dealkylation sites (tertiary alicyclic amines) is 1. The van der Waals surface area contributed by atoms with Crippen LogP contribution >= 0.6 is 0 Å². The highest BCUT2D eigenvalue weighted by Crippen LogP contribution is 2.30. The van der Waals surface area contributed by atoms with Crippen LogP contribution in [0.1, 0.15) is 25.7 Å². The van der Waals surface area contributed by atoms with Gasteiger partial charge in [-0.05, 0) is 39.0 Å². The number of imidazole rings is 1. The van der Waals surface area contributed by atoms with Crippen molar-refractivity contribution >= 4 is 28.4 Å². The van der Waals surface area contributed by atoms with E-state index in [1.807, 2.05) is 31.3 Å². The van der Waals surface area contributed by atoms with Crippen LogP contribution in [-0.4, -0.2) is 78.6 Å². The first-order valence-corrected chi connectivity index (χ1v) is 11.6. The van der Waals surface area contributed by atoms with Crippen molar-refractivity contribution in [3.8, 4) is 11.3 Å². The van der Waals surface area contributed by atoms with Gasteiger partial charge in [-0.3, -0.25) is 4.90 Å². The first kappa shape index (κ1) is 21.2. The summed E-state index contributed by atoms with van der Waals surface area (Å²) >= 11 is 0. The summed E-state index contributed by atoms with van der Waals surface area (Å²) in [5, 5.41) is 7.70.